The molecule has 0 N–H and O–H groups in total. The molecule has 0 unspecified atom stereocenters. The summed E-state index contributed by atoms with van der Waals surface area (Å²) in [5, 5.41) is 0. The smallest absolute Gasteiger partial charge is 0.271 e. The summed E-state index contributed by atoms with van der Waals surface area (Å²) in [5.74, 6) is 0. The second-order valence-electron chi connectivity index (χ2n) is 2.53. The maximum Gasteiger partial charge on any atom is 0.422 e. The van der Waals surface area contributed by atoms with Crippen molar-refractivity contribution >= 4 is 8.74 Å². The Hall–Kier alpha value is 0.0769. The van der Waals surface area contributed by atoms with Crippen LogP contribution in [0.1, 0.15) is 26.2 Å². The number of hydrogen-bond acceptors (Lipinski definition) is 0. The van der Waals surface area contributed by atoms with Crippen LogP contribution in [-0.2, 0) is 0 Å². The maximum absolute atomic E-state index is 12.2. The average molecular weight is 152 g/mol. The number of hydrogen-bond donors (Lipinski definition) is 0. The van der Waals surface area contributed by atoms with Crippen LogP contribution >= 0.6 is 0 Å². The molecule has 0 aliphatic carbocycles. The fourth-order valence-corrected chi connectivity index (χ4v) is 1.56. The Balaban J connectivity index is 3.07. The Morgan fingerprint density at radius 2 is 1.78 bits per heavy atom. The van der Waals surface area contributed by atoms with E-state index in [0.717, 1.165) is 19.4 Å². The largest absolute Gasteiger partial charge is 0.422 e. The van der Waals surface area contributed by atoms with Crippen LogP contribution in [-0.4, -0.2) is 8.74 Å². The minimum absolute atomic E-state index is 0.181. The van der Waals surface area contributed by atoms with Crippen LogP contribution in [0.15, 0.2) is 0 Å². The fraction of sp³-hybridized carbons (Fsp3) is 1.00. The molecule has 9 heavy (non-hydrogen) atoms. The first kappa shape index (κ1) is 9.08. The quantitative estimate of drug-likeness (QED) is 0.330. The van der Waals surface area contributed by atoms with E-state index >= 15 is 0 Å². The Bertz CT molecular complexity index is 67.9. The maximum atomic E-state index is 12.2. The molecule has 0 atom stereocenters. The van der Waals surface area contributed by atoms with Crippen LogP contribution in [0.25, 0.3) is 0 Å². The van der Waals surface area contributed by atoms with Crippen molar-refractivity contribution in [2.45, 2.75) is 38.8 Å². The standard InChI is InChI=1S/C6H14F2Si/c1-3-4-5-6-9(2,7)8/h3-6H2,1-2H3. The van der Waals surface area contributed by atoms with Gasteiger partial charge in [0.25, 0.3) is 0 Å². The monoisotopic (exact) mass is 152 g/mol. The van der Waals surface area contributed by atoms with Crippen molar-refractivity contribution in [3.05, 3.63) is 0 Å². The van der Waals surface area contributed by atoms with Crippen LogP contribution < -0.4 is 0 Å². The summed E-state index contributed by atoms with van der Waals surface area (Å²) in [6.07, 6.45) is 2.70. The predicted molar refractivity (Wildman–Crippen MR) is 38.2 cm³/mol. The highest BCUT2D eigenvalue weighted by Crippen LogP contribution is 2.16. The Morgan fingerprint density at radius 1 is 1.22 bits per heavy atom. The van der Waals surface area contributed by atoms with Gasteiger partial charge in [0.15, 0.2) is 0 Å². The highest BCUT2D eigenvalue weighted by atomic mass is 28.4. The van der Waals surface area contributed by atoms with Crippen molar-refractivity contribution < 1.29 is 8.22 Å². The topological polar surface area (TPSA) is 0 Å². The molecule has 0 radical (unpaired) electrons. The van der Waals surface area contributed by atoms with E-state index in [1.807, 2.05) is 6.92 Å². The predicted octanol–water partition coefficient (Wildman–Crippen LogP) is 3.19. The molecule has 0 aromatic rings. The third-order valence-electron chi connectivity index (χ3n) is 1.22. The van der Waals surface area contributed by atoms with Gasteiger partial charge in [0.1, 0.15) is 0 Å². The molecule has 0 rings (SSSR count). The molecular weight excluding hydrogens is 138 g/mol. The first-order chi connectivity index (χ1) is 4.06. The number of halogens is 2. The van der Waals surface area contributed by atoms with Crippen LogP contribution in [0.2, 0.25) is 12.6 Å². The van der Waals surface area contributed by atoms with Crippen LogP contribution in [0.4, 0.5) is 8.22 Å². The lowest BCUT2D eigenvalue weighted by molar-refractivity contribution is 0.589. The van der Waals surface area contributed by atoms with Gasteiger partial charge >= 0.3 is 8.74 Å². The van der Waals surface area contributed by atoms with E-state index in [0.29, 0.717) is 6.42 Å². The van der Waals surface area contributed by atoms with Gasteiger partial charge in [0, 0.05) is 0 Å². The van der Waals surface area contributed by atoms with Crippen molar-refractivity contribution in [1.29, 1.82) is 0 Å². The van der Waals surface area contributed by atoms with Crippen LogP contribution in [0, 0.1) is 0 Å². The fourth-order valence-electron chi connectivity index (χ4n) is 0.685. The van der Waals surface area contributed by atoms with E-state index in [4.69, 9.17) is 0 Å². The summed E-state index contributed by atoms with van der Waals surface area (Å²) in [7, 11) is -3.69. The van der Waals surface area contributed by atoms with E-state index in [-0.39, 0.29) is 6.04 Å². The van der Waals surface area contributed by atoms with Gasteiger partial charge in [0.05, 0.1) is 0 Å². The molecule has 3 heteroatoms. The van der Waals surface area contributed by atoms with Gasteiger partial charge in [-0.05, 0) is 12.6 Å². The molecule has 0 nitrogen and oxygen atoms in total. The molecule has 56 valence electrons. The van der Waals surface area contributed by atoms with E-state index in [9.17, 15) is 8.22 Å². The van der Waals surface area contributed by atoms with Gasteiger partial charge in [-0.3, -0.25) is 8.22 Å². The zero-order valence-corrected chi connectivity index (χ0v) is 7.08. The SMILES string of the molecule is CCCCC[Si](C)(F)F. The van der Waals surface area contributed by atoms with Crippen LogP contribution in [0.3, 0.4) is 0 Å². The van der Waals surface area contributed by atoms with Gasteiger partial charge < -0.3 is 0 Å². The van der Waals surface area contributed by atoms with Crippen molar-refractivity contribution in [2.75, 3.05) is 0 Å². The molecular formula is C6H14F2Si. The molecule has 0 saturated heterocycles. The molecule has 0 spiro atoms. The number of rotatable bonds is 4. The zero-order valence-electron chi connectivity index (χ0n) is 6.08. The molecule has 0 fully saturated rings. The average Bonchev–Trinajstić information content (AvgIpc) is 1.63. The van der Waals surface area contributed by atoms with E-state index in [2.05, 4.69) is 0 Å². The van der Waals surface area contributed by atoms with Gasteiger partial charge in [-0.1, -0.05) is 26.2 Å². The molecule has 0 aliphatic rings. The second kappa shape index (κ2) is 3.98. The molecule has 0 aliphatic heterocycles. The Morgan fingerprint density at radius 3 is 2.11 bits per heavy atom. The van der Waals surface area contributed by atoms with E-state index in [1.54, 1.807) is 0 Å². The summed E-state index contributed by atoms with van der Waals surface area (Å²) in [4.78, 5) is 0. The first-order valence-corrected chi connectivity index (χ1v) is 5.90. The molecule has 0 aromatic carbocycles. The Kier molecular flexibility index (Phi) is 4.02. The summed E-state index contributed by atoms with van der Waals surface area (Å²) in [6, 6.07) is 0.181. The van der Waals surface area contributed by atoms with Gasteiger partial charge in [0.2, 0.25) is 0 Å². The second-order valence-corrected chi connectivity index (χ2v) is 5.17. The minimum Gasteiger partial charge on any atom is -0.271 e. The zero-order chi connectivity index (χ0) is 7.33. The molecule has 0 aromatic heterocycles. The Labute approximate surface area is 56.6 Å². The van der Waals surface area contributed by atoms with E-state index < -0.39 is 8.74 Å². The molecule has 0 saturated carbocycles. The lowest BCUT2D eigenvalue weighted by Crippen LogP contribution is -2.14. The third kappa shape index (κ3) is 8.08. The van der Waals surface area contributed by atoms with Gasteiger partial charge in [-0.15, -0.1) is 0 Å². The van der Waals surface area contributed by atoms with Gasteiger partial charge in [-0.2, -0.15) is 0 Å². The normalized spacial score (nSPS) is 12.0. The van der Waals surface area contributed by atoms with Crippen LogP contribution in [0.5, 0.6) is 0 Å². The highest BCUT2D eigenvalue weighted by molar-refractivity contribution is 6.64. The summed E-state index contributed by atoms with van der Waals surface area (Å²) >= 11 is 0. The van der Waals surface area contributed by atoms with Crippen molar-refractivity contribution in [2.24, 2.45) is 0 Å². The summed E-state index contributed by atoms with van der Waals surface area (Å²) < 4.78 is 24.4. The van der Waals surface area contributed by atoms with E-state index in [1.165, 1.54) is 0 Å². The third-order valence-corrected chi connectivity index (χ3v) is 2.45. The lowest BCUT2D eigenvalue weighted by atomic mass is 10.3. The van der Waals surface area contributed by atoms with Crippen molar-refractivity contribution in [3.8, 4) is 0 Å². The molecule has 0 amide bonds. The molecule has 0 bridgehead atoms. The highest BCUT2D eigenvalue weighted by Gasteiger charge is 2.25. The van der Waals surface area contributed by atoms with Crippen molar-refractivity contribution in [3.63, 3.8) is 0 Å². The summed E-state index contributed by atoms with van der Waals surface area (Å²) in [6.45, 7) is 3.14. The summed E-state index contributed by atoms with van der Waals surface area (Å²) in [5.41, 5.74) is 0. The van der Waals surface area contributed by atoms with Gasteiger partial charge in [-0.25, -0.2) is 0 Å². The number of unbranched alkanes of at least 4 members (excludes halogenated alkanes) is 2. The first-order valence-electron chi connectivity index (χ1n) is 3.44. The minimum atomic E-state index is -3.69. The lowest BCUT2D eigenvalue weighted by Gasteiger charge is -2.03. The molecule has 0 heterocycles. The van der Waals surface area contributed by atoms with Crippen molar-refractivity contribution in [1.82, 2.24) is 0 Å².